The third-order valence-electron chi connectivity index (χ3n) is 3.71. The highest BCUT2D eigenvalue weighted by Crippen LogP contribution is 2.12. The van der Waals surface area contributed by atoms with Gasteiger partial charge in [-0.2, -0.15) is 5.10 Å². The molecule has 2 N–H and O–H groups in total. The van der Waals surface area contributed by atoms with Gasteiger partial charge >= 0.3 is 0 Å². The first-order chi connectivity index (χ1) is 8.59. The zero-order valence-corrected chi connectivity index (χ0v) is 11.4. The minimum atomic E-state index is 0.0149. The molecule has 2 heterocycles. The molecule has 1 unspecified atom stereocenters. The molecule has 1 aliphatic heterocycles. The first-order valence-electron chi connectivity index (χ1n) is 6.59. The summed E-state index contributed by atoms with van der Waals surface area (Å²) in [5.41, 5.74) is 3.49. The van der Waals surface area contributed by atoms with E-state index in [1.54, 1.807) is 0 Å². The second kappa shape index (κ2) is 5.52. The zero-order chi connectivity index (χ0) is 13.1. The van der Waals surface area contributed by atoms with Crippen molar-refractivity contribution in [3.05, 3.63) is 17.0 Å². The Bertz CT molecular complexity index is 432. The maximum Gasteiger partial charge on any atom is 0.237 e. The fourth-order valence-corrected chi connectivity index (χ4v) is 2.52. The zero-order valence-electron chi connectivity index (χ0n) is 11.4. The summed E-state index contributed by atoms with van der Waals surface area (Å²) in [7, 11) is 1.95. The third-order valence-corrected chi connectivity index (χ3v) is 3.71. The fourth-order valence-electron chi connectivity index (χ4n) is 2.52. The van der Waals surface area contributed by atoms with Crippen LogP contribution in [-0.4, -0.2) is 34.8 Å². The first kappa shape index (κ1) is 13.1. The van der Waals surface area contributed by atoms with E-state index >= 15 is 0 Å². The van der Waals surface area contributed by atoms with Crippen molar-refractivity contribution in [2.24, 2.45) is 7.05 Å². The van der Waals surface area contributed by atoms with Crippen LogP contribution in [0.2, 0.25) is 0 Å². The lowest BCUT2D eigenvalue weighted by atomic mass is 10.1. The second-order valence-corrected chi connectivity index (χ2v) is 4.96. The number of aromatic nitrogens is 2. The molecule has 1 aliphatic rings. The molecule has 5 heteroatoms. The third kappa shape index (κ3) is 2.72. The molecule has 1 aromatic rings. The minimum Gasteiger partial charge on any atom is -0.354 e. The molecule has 1 atom stereocenters. The van der Waals surface area contributed by atoms with Crippen LogP contribution in [0.1, 0.15) is 29.8 Å². The van der Waals surface area contributed by atoms with Crippen molar-refractivity contribution in [3.63, 3.8) is 0 Å². The van der Waals surface area contributed by atoms with Crippen molar-refractivity contribution < 1.29 is 4.79 Å². The van der Waals surface area contributed by atoms with Crippen LogP contribution in [0.3, 0.4) is 0 Å². The lowest BCUT2D eigenvalue weighted by molar-refractivity contribution is -0.122. The van der Waals surface area contributed by atoms with Crippen molar-refractivity contribution in [2.45, 2.75) is 39.2 Å². The Labute approximate surface area is 108 Å². The Morgan fingerprint density at radius 1 is 1.56 bits per heavy atom. The van der Waals surface area contributed by atoms with E-state index in [9.17, 15) is 4.79 Å². The average Bonchev–Trinajstić information content (AvgIpc) is 2.93. The van der Waals surface area contributed by atoms with Crippen molar-refractivity contribution in [2.75, 3.05) is 13.1 Å². The number of nitrogens with one attached hydrogen (secondary N) is 2. The maximum absolute atomic E-state index is 11.8. The molecule has 0 radical (unpaired) electrons. The predicted molar refractivity (Wildman–Crippen MR) is 70.4 cm³/mol. The van der Waals surface area contributed by atoms with Gasteiger partial charge in [-0.3, -0.25) is 9.48 Å². The van der Waals surface area contributed by atoms with Crippen LogP contribution in [0.15, 0.2) is 0 Å². The summed E-state index contributed by atoms with van der Waals surface area (Å²) in [4.78, 5) is 11.8. The summed E-state index contributed by atoms with van der Waals surface area (Å²) in [6, 6.07) is 0.0149. The molecule has 100 valence electrons. The summed E-state index contributed by atoms with van der Waals surface area (Å²) in [6.07, 6.45) is 2.90. The van der Waals surface area contributed by atoms with Gasteiger partial charge in [0.25, 0.3) is 0 Å². The van der Waals surface area contributed by atoms with E-state index in [1.807, 2.05) is 18.7 Å². The summed E-state index contributed by atoms with van der Waals surface area (Å²) < 4.78 is 1.89. The van der Waals surface area contributed by atoms with Gasteiger partial charge in [-0.05, 0) is 45.2 Å². The Hall–Kier alpha value is -1.36. The fraction of sp³-hybridized carbons (Fsp3) is 0.692. The van der Waals surface area contributed by atoms with E-state index in [-0.39, 0.29) is 11.9 Å². The average molecular weight is 250 g/mol. The molecule has 0 aliphatic carbocycles. The topological polar surface area (TPSA) is 59.0 Å². The predicted octanol–water partition coefficient (Wildman–Crippen LogP) is 0.448. The van der Waals surface area contributed by atoms with Crippen LogP contribution >= 0.6 is 0 Å². The van der Waals surface area contributed by atoms with E-state index in [2.05, 4.69) is 22.7 Å². The smallest absolute Gasteiger partial charge is 0.237 e. The molecule has 0 spiro atoms. The van der Waals surface area contributed by atoms with Gasteiger partial charge < -0.3 is 10.6 Å². The number of carbonyl (C=O) groups excluding carboxylic acids is 1. The van der Waals surface area contributed by atoms with E-state index in [0.717, 1.165) is 31.5 Å². The molecule has 2 rings (SSSR count). The summed E-state index contributed by atoms with van der Waals surface area (Å²) in [6.45, 7) is 5.72. The number of amides is 1. The SMILES string of the molecule is Cc1nn(C)c(C)c1CCNC(=O)C1CCCN1. The Kier molecular flexibility index (Phi) is 4.01. The van der Waals surface area contributed by atoms with Gasteiger partial charge in [-0.15, -0.1) is 0 Å². The van der Waals surface area contributed by atoms with Gasteiger partial charge in [-0.1, -0.05) is 0 Å². The Balaban J connectivity index is 1.83. The molecule has 18 heavy (non-hydrogen) atoms. The Morgan fingerprint density at radius 2 is 2.33 bits per heavy atom. The second-order valence-electron chi connectivity index (χ2n) is 4.96. The summed E-state index contributed by atoms with van der Waals surface area (Å²) in [5, 5.41) is 10.6. The van der Waals surface area contributed by atoms with Crippen LogP contribution in [0.5, 0.6) is 0 Å². The highest BCUT2D eigenvalue weighted by molar-refractivity contribution is 5.81. The number of rotatable bonds is 4. The van der Waals surface area contributed by atoms with E-state index < -0.39 is 0 Å². The van der Waals surface area contributed by atoms with Crippen molar-refractivity contribution >= 4 is 5.91 Å². The first-order valence-corrected chi connectivity index (χ1v) is 6.59. The summed E-state index contributed by atoms with van der Waals surface area (Å²) >= 11 is 0. The Morgan fingerprint density at radius 3 is 2.89 bits per heavy atom. The number of hydrogen-bond acceptors (Lipinski definition) is 3. The standard InChI is InChI=1S/C13H22N4O/c1-9-11(10(2)17(3)16-9)6-8-15-13(18)12-5-4-7-14-12/h12,14H,4-8H2,1-3H3,(H,15,18). The van der Waals surface area contributed by atoms with E-state index in [1.165, 1.54) is 11.3 Å². The highest BCUT2D eigenvalue weighted by Gasteiger charge is 2.21. The highest BCUT2D eigenvalue weighted by atomic mass is 16.2. The van der Waals surface area contributed by atoms with Gasteiger partial charge in [0.1, 0.15) is 0 Å². The molecule has 1 fully saturated rings. The molecule has 0 saturated carbocycles. The largest absolute Gasteiger partial charge is 0.354 e. The van der Waals surface area contributed by atoms with Gasteiger partial charge in [0.15, 0.2) is 0 Å². The quantitative estimate of drug-likeness (QED) is 0.815. The number of nitrogens with zero attached hydrogens (tertiary/aromatic N) is 2. The van der Waals surface area contributed by atoms with Crippen LogP contribution in [0.4, 0.5) is 0 Å². The lowest BCUT2D eigenvalue weighted by Gasteiger charge is -2.11. The van der Waals surface area contributed by atoms with Crippen molar-refractivity contribution in [3.8, 4) is 0 Å². The number of hydrogen-bond donors (Lipinski definition) is 2. The molecular formula is C13H22N4O. The molecule has 1 aromatic heterocycles. The van der Waals surface area contributed by atoms with Gasteiger partial charge in [-0.25, -0.2) is 0 Å². The van der Waals surface area contributed by atoms with E-state index in [0.29, 0.717) is 6.54 Å². The lowest BCUT2D eigenvalue weighted by Crippen LogP contribution is -2.41. The molecule has 1 saturated heterocycles. The van der Waals surface area contributed by atoms with Crippen LogP contribution in [-0.2, 0) is 18.3 Å². The van der Waals surface area contributed by atoms with Gasteiger partial charge in [0.05, 0.1) is 11.7 Å². The summed E-state index contributed by atoms with van der Waals surface area (Å²) in [5.74, 6) is 0.131. The van der Waals surface area contributed by atoms with Crippen LogP contribution in [0.25, 0.3) is 0 Å². The molecule has 0 bridgehead atoms. The van der Waals surface area contributed by atoms with Gasteiger partial charge in [0.2, 0.25) is 5.91 Å². The van der Waals surface area contributed by atoms with Crippen LogP contribution < -0.4 is 10.6 Å². The monoisotopic (exact) mass is 250 g/mol. The van der Waals surface area contributed by atoms with Crippen LogP contribution in [0, 0.1) is 13.8 Å². The molecule has 0 aromatic carbocycles. The number of carbonyl (C=O) groups is 1. The van der Waals surface area contributed by atoms with Crippen molar-refractivity contribution in [1.29, 1.82) is 0 Å². The molecule has 1 amide bonds. The molecular weight excluding hydrogens is 228 g/mol. The normalized spacial score (nSPS) is 19.2. The van der Waals surface area contributed by atoms with Gasteiger partial charge in [0, 0.05) is 19.3 Å². The van der Waals surface area contributed by atoms with Crippen molar-refractivity contribution in [1.82, 2.24) is 20.4 Å². The number of aryl methyl sites for hydroxylation is 2. The molecule has 5 nitrogen and oxygen atoms in total. The minimum absolute atomic E-state index is 0.0149. The maximum atomic E-state index is 11.8. The van der Waals surface area contributed by atoms with E-state index in [4.69, 9.17) is 0 Å².